The lowest BCUT2D eigenvalue weighted by Crippen LogP contribution is -2.41. The van der Waals surface area contributed by atoms with Gasteiger partial charge in [-0.25, -0.2) is 4.79 Å². The molecule has 1 aromatic rings. The number of hydrogen-bond acceptors (Lipinski definition) is 4. The number of carbonyl (C=O) groups excluding carboxylic acids is 2. The topological polar surface area (TPSA) is 92.7 Å². The Morgan fingerprint density at radius 3 is 1.97 bits per heavy atom. The maximum Gasteiger partial charge on any atom is 0.326 e. The summed E-state index contributed by atoms with van der Waals surface area (Å²) in [4.78, 5) is 35.4. The highest BCUT2D eigenvalue weighted by Gasteiger charge is 2.21. The van der Waals surface area contributed by atoms with Crippen LogP contribution < -0.4 is 5.32 Å². The number of unbranched alkanes of at least 4 members (excludes halogenated alkanes) is 10. The third kappa shape index (κ3) is 14.6. The van der Waals surface area contributed by atoms with Crippen LogP contribution in [0.1, 0.15) is 102 Å². The summed E-state index contributed by atoms with van der Waals surface area (Å²) in [5.41, 5.74) is 0.871. The van der Waals surface area contributed by atoms with E-state index >= 15 is 0 Å². The van der Waals surface area contributed by atoms with Crippen LogP contribution in [0.5, 0.6) is 0 Å². The van der Waals surface area contributed by atoms with E-state index in [2.05, 4.69) is 12.2 Å². The molecule has 0 saturated heterocycles. The maximum absolute atomic E-state index is 12.1. The van der Waals surface area contributed by atoms with Crippen LogP contribution in [0.25, 0.3) is 0 Å². The second kappa shape index (κ2) is 18.2. The first-order valence-electron chi connectivity index (χ1n) is 12.2. The van der Waals surface area contributed by atoms with Gasteiger partial charge in [-0.15, -0.1) is 0 Å². The van der Waals surface area contributed by atoms with Gasteiger partial charge in [0.25, 0.3) is 0 Å². The molecule has 180 valence electrons. The molecule has 1 amide bonds. The fourth-order valence-electron chi connectivity index (χ4n) is 3.55. The molecule has 1 aromatic carbocycles. The lowest BCUT2D eigenvalue weighted by molar-refractivity contribution is -0.146. The largest absolute Gasteiger partial charge is 0.480 e. The summed E-state index contributed by atoms with van der Waals surface area (Å²) in [5.74, 6) is -1.88. The van der Waals surface area contributed by atoms with Crippen LogP contribution in [0.2, 0.25) is 0 Å². The number of ether oxygens (including phenoxy) is 1. The first kappa shape index (κ1) is 27.7. The summed E-state index contributed by atoms with van der Waals surface area (Å²) < 4.78 is 5.16. The number of esters is 1. The van der Waals surface area contributed by atoms with Crippen LogP contribution >= 0.6 is 0 Å². The molecule has 1 atom stereocenters. The van der Waals surface area contributed by atoms with E-state index in [1.54, 1.807) is 0 Å². The normalized spacial score (nSPS) is 11.7. The van der Waals surface area contributed by atoms with Crippen molar-refractivity contribution in [3.05, 3.63) is 35.9 Å². The van der Waals surface area contributed by atoms with Gasteiger partial charge in [-0.05, 0) is 18.4 Å². The van der Waals surface area contributed by atoms with Gasteiger partial charge in [0.1, 0.15) is 12.6 Å². The average molecular weight is 448 g/mol. The summed E-state index contributed by atoms with van der Waals surface area (Å²) in [6.07, 6.45) is 13.5. The minimum atomic E-state index is -1.13. The van der Waals surface area contributed by atoms with Crippen LogP contribution in [0.15, 0.2) is 30.3 Å². The number of rotatable bonds is 19. The van der Waals surface area contributed by atoms with Gasteiger partial charge in [0.15, 0.2) is 0 Å². The van der Waals surface area contributed by atoms with Crippen molar-refractivity contribution in [3.63, 3.8) is 0 Å². The molecule has 0 bridgehead atoms. The zero-order chi connectivity index (χ0) is 23.4. The molecule has 6 heteroatoms. The second-order valence-electron chi connectivity index (χ2n) is 8.43. The van der Waals surface area contributed by atoms with Gasteiger partial charge < -0.3 is 15.2 Å². The Balaban J connectivity index is 2.10. The third-order valence-electron chi connectivity index (χ3n) is 5.52. The lowest BCUT2D eigenvalue weighted by Gasteiger charge is -2.14. The number of aliphatic carboxylic acids is 1. The monoisotopic (exact) mass is 447 g/mol. The highest BCUT2D eigenvalue weighted by Crippen LogP contribution is 2.12. The molecular weight excluding hydrogens is 406 g/mol. The molecule has 2 N–H and O–H groups in total. The maximum atomic E-state index is 12.1. The Morgan fingerprint density at radius 2 is 1.41 bits per heavy atom. The average Bonchev–Trinajstić information content (AvgIpc) is 2.79. The summed E-state index contributed by atoms with van der Waals surface area (Å²) in [6.45, 7) is 2.38. The molecule has 0 aliphatic rings. The van der Waals surface area contributed by atoms with Crippen molar-refractivity contribution in [2.24, 2.45) is 0 Å². The molecule has 1 rings (SSSR count). The van der Waals surface area contributed by atoms with E-state index in [1.165, 1.54) is 51.4 Å². The summed E-state index contributed by atoms with van der Waals surface area (Å²) in [7, 11) is 0. The quantitative estimate of drug-likeness (QED) is 0.207. The van der Waals surface area contributed by atoms with Crippen molar-refractivity contribution in [3.8, 4) is 0 Å². The predicted molar refractivity (Wildman–Crippen MR) is 126 cm³/mol. The van der Waals surface area contributed by atoms with E-state index in [4.69, 9.17) is 4.74 Å². The molecule has 0 fully saturated rings. The van der Waals surface area contributed by atoms with Crippen molar-refractivity contribution >= 4 is 17.8 Å². The fourth-order valence-corrected chi connectivity index (χ4v) is 3.55. The molecular formula is C26H41NO5. The van der Waals surface area contributed by atoms with Crippen LogP contribution in [-0.4, -0.2) is 29.0 Å². The van der Waals surface area contributed by atoms with Gasteiger partial charge in [0.2, 0.25) is 5.91 Å². The van der Waals surface area contributed by atoms with E-state index < -0.39 is 18.0 Å². The van der Waals surface area contributed by atoms with Gasteiger partial charge in [-0.1, -0.05) is 101 Å². The van der Waals surface area contributed by atoms with Crippen molar-refractivity contribution in [1.29, 1.82) is 0 Å². The summed E-state index contributed by atoms with van der Waals surface area (Å²) >= 11 is 0. The molecule has 0 radical (unpaired) electrons. The summed E-state index contributed by atoms with van der Waals surface area (Å²) in [5, 5.41) is 11.9. The smallest absolute Gasteiger partial charge is 0.326 e. The first-order chi connectivity index (χ1) is 15.5. The number of nitrogens with one attached hydrogen (secondary N) is 1. The second-order valence-corrected chi connectivity index (χ2v) is 8.43. The van der Waals surface area contributed by atoms with Crippen LogP contribution in [0, 0.1) is 0 Å². The lowest BCUT2D eigenvalue weighted by atomic mass is 10.0. The van der Waals surface area contributed by atoms with Crippen molar-refractivity contribution in [2.75, 3.05) is 0 Å². The molecule has 32 heavy (non-hydrogen) atoms. The molecule has 0 aliphatic heterocycles. The SMILES string of the molecule is CCCCCCCCCCCCCC(=O)NC(CCC(=O)OCc1ccccc1)C(=O)O. The van der Waals surface area contributed by atoms with Gasteiger partial charge in [-0.2, -0.15) is 0 Å². The molecule has 1 unspecified atom stereocenters. The van der Waals surface area contributed by atoms with Crippen molar-refractivity contribution < 1.29 is 24.2 Å². The molecule has 0 saturated carbocycles. The molecule has 0 aliphatic carbocycles. The number of carbonyl (C=O) groups is 3. The first-order valence-corrected chi connectivity index (χ1v) is 12.2. The van der Waals surface area contributed by atoms with E-state index in [-0.39, 0.29) is 25.4 Å². The van der Waals surface area contributed by atoms with E-state index in [0.717, 1.165) is 24.8 Å². The van der Waals surface area contributed by atoms with E-state index in [9.17, 15) is 19.5 Å². The molecule has 6 nitrogen and oxygen atoms in total. The molecule has 0 heterocycles. The van der Waals surface area contributed by atoms with Crippen LogP contribution in [0.3, 0.4) is 0 Å². The van der Waals surface area contributed by atoms with Crippen LogP contribution in [-0.2, 0) is 25.7 Å². The Bertz CT molecular complexity index is 647. The van der Waals surface area contributed by atoms with Gasteiger partial charge in [0.05, 0.1) is 0 Å². The van der Waals surface area contributed by atoms with Gasteiger partial charge in [-0.3, -0.25) is 9.59 Å². The Kier molecular flexibility index (Phi) is 15.8. The predicted octanol–water partition coefficient (Wildman–Crippen LogP) is 5.78. The standard InChI is InChI=1S/C26H41NO5/c1-2-3-4-5-6-7-8-9-10-11-15-18-24(28)27-23(26(30)31)19-20-25(29)32-21-22-16-13-12-14-17-22/h12-14,16-17,23H,2-11,15,18-21H2,1H3,(H,27,28)(H,30,31). The van der Waals surface area contributed by atoms with E-state index in [0.29, 0.717) is 6.42 Å². The van der Waals surface area contributed by atoms with Crippen molar-refractivity contribution in [1.82, 2.24) is 5.32 Å². The van der Waals surface area contributed by atoms with E-state index in [1.807, 2.05) is 30.3 Å². The number of carboxylic acids is 1. The zero-order valence-electron chi connectivity index (χ0n) is 19.7. The van der Waals surface area contributed by atoms with Gasteiger partial charge in [0, 0.05) is 12.8 Å². The highest BCUT2D eigenvalue weighted by atomic mass is 16.5. The highest BCUT2D eigenvalue weighted by molar-refractivity contribution is 5.84. The fraction of sp³-hybridized carbons (Fsp3) is 0.654. The molecule has 0 spiro atoms. The van der Waals surface area contributed by atoms with Gasteiger partial charge >= 0.3 is 11.9 Å². The number of benzene rings is 1. The molecule has 0 aromatic heterocycles. The Morgan fingerprint density at radius 1 is 0.844 bits per heavy atom. The third-order valence-corrected chi connectivity index (χ3v) is 5.52. The number of amides is 1. The number of hydrogen-bond donors (Lipinski definition) is 2. The summed E-state index contributed by atoms with van der Waals surface area (Å²) in [6, 6.07) is 8.22. The van der Waals surface area contributed by atoms with Crippen molar-refractivity contribution in [2.45, 2.75) is 109 Å². The number of carboxylic acid groups (broad SMARTS) is 1. The Hall–Kier alpha value is -2.37. The van der Waals surface area contributed by atoms with Crippen LogP contribution in [0.4, 0.5) is 0 Å². The Labute approximate surface area is 193 Å². The minimum absolute atomic E-state index is 0.0208. The minimum Gasteiger partial charge on any atom is -0.480 e. The zero-order valence-corrected chi connectivity index (χ0v) is 19.7.